The van der Waals surface area contributed by atoms with Crippen LogP contribution in [-0.2, 0) is 4.74 Å². The quantitative estimate of drug-likeness (QED) is 0.768. The van der Waals surface area contributed by atoms with Gasteiger partial charge in [-0.2, -0.15) is 0 Å². The Morgan fingerprint density at radius 1 is 1.32 bits per heavy atom. The van der Waals surface area contributed by atoms with Gasteiger partial charge in [-0.05, 0) is 31.7 Å². The number of carbonyl (C=O) groups is 1. The van der Waals surface area contributed by atoms with E-state index in [1.165, 1.54) is 0 Å². The molecule has 1 unspecified atom stereocenters. The highest BCUT2D eigenvalue weighted by Gasteiger charge is 2.33. The van der Waals surface area contributed by atoms with Crippen molar-refractivity contribution in [2.24, 2.45) is 0 Å². The predicted molar refractivity (Wildman–Crippen MR) is 76.4 cm³/mol. The summed E-state index contributed by atoms with van der Waals surface area (Å²) in [5.41, 5.74) is -0.0514. The minimum atomic E-state index is -0.758. The lowest BCUT2D eigenvalue weighted by atomic mass is 9.89. The molecular formula is C16H19NO2. The van der Waals surface area contributed by atoms with E-state index < -0.39 is 5.60 Å². The molecule has 1 atom stereocenters. The van der Waals surface area contributed by atoms with Crippen LogP contribution >= 0.6 is 0 Å². The van der Waals surface area contributed by atoms with E-state index in [2.05, 4.69) is 4.98 Å². The maximum absolute atomic E-state index is 12.8. The van der Waals surface area contributed by atoms with E-state index in [1.807, 2.05) is 45.0 Å². The molecule has 2 aromatic rings. The summed E-state index contributed by atoms with van der Waals surface area (Å²) in [6.45, 7) is 6.27. The molecule has 0 aliphatic carbocycles. The van der Waals surface area contributed by atoms with Crippen LogP contribution in [0.4, 0.5) is 0 Å². The molecule has 0 amide bonds. The van der Waals surface area contributed by atoms with Crippen molar-refractivity contribution in [3.63, 3.8) is 0 Å². The molecule has 100 valence electrons. The van der Waals surface area contributed by atoms with Gasteiger partial charge in [0, 0.05) is 30.0 Å². The fourth-order valence-corrected chi connectivity index (χ4v) is 2.25. The van der Waals surface area contributed by atoms with Crippen molar-refractivity contribution in [1.29, 1.82) is 0 Å². The molecule has 2 rings (SSSR count). The average molecular weight is 257 g/mol. The number of hydrogen-bond acceptors (Lipinski definition) is 3. The van der Waals surface area contributed by atoms with Gasteiger partial charge in [-0.25, -0.2) is 0 Å². The van der Waals surface area contributed by atoms with Crippen LogP contribution in [0.2, 0.25) is 0 Å². The van der Waals surface area contributed by atoms with Crippen molar-refractivity contribution in [3.8, 4) is 0 Å². The molecule has 0 saturated heterocycles. The summed E-state index contributed by atoms with van der Waals surface area (Å²) >= 11 is 0. The van der Waals surface area contributed by atoms with E-state index in [4.69, 9.17) is 4.74 Å². The number of Topliss-reactive ketones (excluding diaryl/α,β-unsaturated/α-hetero) is 1. The number of fused-ring (bicyclic) bond motifs is 1. The van der Waals surface area contributed by atoms with E-state index >= 15 is 0 Å². The first-order valence-electron chi connectivity index (χ1n) is 6.64. The summed E-state index contributed by atoms with van der Waals surface area (Å²) in [5.74, 6) is 0.0358. The molecule has 0 fully saturated rings. The Morgan fingerprint density at radius 2 is 2.11 bits per heavy atom. The first kappa shape index (κ1) is 13.7. The summed E-state index contributed by atoms with van der Waals surface area (Å²) in [6, 6.07) is 7.59. The number of pyridine rings is 1. The largest absolute Gasteiger partial charge is 0.367 e. The minimum Gasteiger partial charge on any atom is -0.367 e. The molecule has 0 aliphatic rings. The van der Waals surface area contributed by atoms with E-state index in [0.717, 1.165) is 10.8 Å². The van der Waals surface area contributed by atoms with Gasteiger partial charge in [-0.1, -0.05) is 25.1 Å². The van der Waals surface area contributed by atoms with E-state index in [-0.39, 0.29) is 5.78 Å². The van der Waals surface area contributed by atoms with Gasteiger partial charge in [0.25, 0.3) is 0 Å². The van der Waals surface area contributed by atoms with E-state index in [1.54, 1.807) is 12.4 Å². The Morgan fingerprint density at radius 3 is 2.79 bits per heavy atom. The molecule has 1 heterocycles. The number of aromatic nitrogens is 1. The normalized spacial score (nSPS) is 14.3. The number of hydrogen-bond donors (Lipinski definition) is 0. The summed E-state index contributed by atoms with van der Waals surface area (Å²) in [5, 5.41) is 1.91. The topological polar surface area (TPSA) is 39.2 Å². The van der Waals surface area contributed by atoms with E-state index in [0.29, 0.717) is 18.6 Å². The third-order valence-corrected chi connectivity index (χ3v) is 3.54. The van der Waals surface area contributed by atoms with Crippen LogP contribution in [0.3, 0.4) is 0 Å². The third kappa shape index (κ3) is 2.51. The maximum Gasteiger partial charge on any atom is 0.194 e. The fourth-order valence-electron chi connectivity index (χ4n) is 2.25. The highest BCUT2D eigenvalue weighted by Crippen LogP contribution is 2.26. The van der Waals surface area contributed by atoms with Crippen molar-refractivity contribution in [1.82, 2.24) is 4.98 Å². The number of benzene rings is 1. The lowest BCUT2D eigenvalue weighted by Crippen LogP contribution is -2.38. The smallest absolute Gasteiger partial charge is 0.194 e. The van der Waals surface area contributed by atoms with Gasteiger partial charge < -0.3 is 4.74 Å². The first-order chi connectivity index (χ1) is 9.12. The molecule has 1 aromatic heterocycles. The molecule has 1 aromatic carbocycles. The van der Waals surface area contributed by atoms with Gasteiger partial charge in [0.05, 0.1) is 0 Å². The highest BCUT2D eigenvalue weighted by atomic mass is 16.5. The van der Waals surface area contributed by atoms with Crippen molar-refractivity contribution in [2.45, 2.75) is 32.8 Å². The predicted octanol–water partition coefficient (Wildman–Crippen LogP) is 3.62. The van der Waals surface area contributed by atoms with Crippen LogP contribution in [0.5, 0.6) is 0 Å². The summed E-state index contributed by atoms with van der Waals surface area (Å²) in [7, 11) is 0. The van der Waals surface area contributed by atoms with Gasteiger partial charge in [0.15, 0.2) is 5.78 Å². The number of carbonyl (C=O) groups excluding carboxylic acids is 1. The Bertz CT molecular complexity index is 589. The van der Waals surface area contributed by atoms with Gasteiger partial charge >= 0.3 is 0 Å². The Hall–Kier alpha value is -1.74. The molecule has 19 heavy (non-hydrogen) atoms. The molecule has 3 heteroatoms. The molecule has 0 spiro atoms. The van der Waals surface area contributed by atoms with Crippen molar-refractivity contribution in [2.75, 3.05) is 6.61 Å². The van der Waals surface area contributed by atoms with Crippen LogP contribution in [0.15, 0.2) is 36.7 Å². The molecule has 3 nitrogen and oxygen atoms in total. The summed E-state index contributed by atoms with van der Waals surface area (Å²) in [6.07, 6.45) is 4.14. The molecule has 0 saturated carbocycles. The highest BCUT2D eigenvalue weighted by molar-refractivity contribution is 6.11. The van der Waals surface area contributed by atoms with Crippen molar-refractivity contribution < 1.29 is 9.53 Å². The van der Waals surface area contributed by atoms with Crippen LogP contribution < -0.4 is 0 Å². The van der Waals surface area contributed by atoms with Crippen molar-refractivity contribution >= 4 is 16.6 Å². The lowest BCUT2D eigenvalue weighted by Gasteiger charge is -2.27. The first-order valence-corrected chi connectivity index (χ1v) is 6.64. The zero-order valence-electron chi connectivity index (χ0n) is 11.6. The summed E-state index contributed by atoms with van der Waals surface area (Å²) in [4.78, 5) is 16.8. The second-order valence-electron chi connectivity index (χ2n) is 4.75. The van der Waals surface area contributed by atoms with Crippen LogP contribution in [0, 0.1) is 0 Å². The maximum atomic E-state index is 12.8. The van der Waals surface area contributed by atoms with Gasteiger partial charge in [-0.3, -0.25) is 9.78 Å². The minimum absolute atomic E-state index is 0.0358. The van der Waals surface area contributed by atoms with Crippen molar-refractivity contribution in [3.05, 3.63) is 42.2 Å². The molecule has 0 bridgehead atoms. The van der Waals surface area contributed by atoms with Crippen LogP contribution in [0.25, 0.3) is 10.8 Å². The zero-order valence-corrected chi connectivity index (χ0v) is 11.6. The lowest BCUT2D eigenvalue weighted by molar-refractivity contribution is -0.0114. The standard InChI is InChI=1S/C16H19NO2/c1-4-16(3,19-5-2)15(18)14-8-6-7-12-11-17-10-9-13(12)14/h6-11H,4-5H2,1-3H3. The second kappa shape index (κ2) is 5.49. The number of ether oxygens (including phenoxy) is 1. The van der Waals surface area contributed by atoms with Gasteiger partial charge in [0.1, 0.15) is 5.60 Å². The van der Waals surface area contributed by atoms with Gasteiger partial charge in [0.2, 0.25) is 0 Å². The number of nitrogens with zero attached hydrogens (tertiary/aromatic N) is 1. The Balaban J connectivity index is 2.52. The Labute approximate surface area is 113 Å². The van der Waals surface area contributed by atoms with Gasteiger partial charge in [-0.15, -0.1) is 0 Å². The van der Waals surface area contributed by atoms with E-state index in [9.17, 15) is 4.79 Å². The summed E-state index contributed by atoms with van der Waals surface area (Å²) < 4.78 is 5.68. The number of ketones is 1. The zero-order chi connectivity index (χ0) is 13.9. The monoisotopic (exact) mass is 257 g/mol. The Kier molecular flexibility index (Phi) is 3.96. The molecule has 0 aliphatic heterocycles. The molecule has 0 radical (unpaired) electrons. The average Bonchev–Trinajstić information content (AvgIpc) is 2.46. The SMILES string of the molecule is CCOC(C)(CC)C(=O)c1cccc2cnccc12. The van der Waals surface area contributed by atoms with Crippen LogP contribution in [0.1, 0.15) is 37.6 Å². The van der Waals surface area contributed by atoms with Crippen LogP contribution in [-0.4, -0.2) is 23.0 Å². The fraction of sp³-hybridized carbons (Fsp3) is 0.375. The second-order valence-corrected chi connectivity index (χ2v) is 4.75. The number of rotatable bonds is 5. The third-order valence-electron chi connectivity index (χ3n) is 3.54. The molecule has 0 N–H and O–H groups in total. The molecular weight excluding hydrogens is 238 g/mol.